The predicted octanol–water partition coefficient (Wildman–Crippen LogP) is 1.73. The molecule has 1 aliphatic carbocycles. The Morgan fingerprint density at radius 2 is 2.32 bits per heavy atom. The summed E-state index contributed by atoms with van der Waals surface area (Å²) >= 11 is 6.13. The molecule has 0 spiro atoms. The van der Waals surface area contributed by atoms with Crippen LogP contribution in [0, 0.1) is 0 Å². The lowest BCUT2D eigenvalue weighted by Crippen LogP contribution is -2.41. The van der Waals surface area contributed by atoms with Crippen molar-refractivity contribution in [3.05, 3.63) is 16.9 Å². The van der Waals surface area contributed by atoms with Crippen molar-refractivity contribution in [2.24, 2.45) is 0 Å². The summed E-state index contributed by atoms with van der Waals surface area (Å²) in [4.78, 5) is 0. The molecule has 0 amide bonds. The van der Waals surface area contributed by atoms with Crippen LogP contribution in [0.1, 0.15) is 38.3 Å². The van der Waals surface area contributed by atoms with E-state index < -0.39 is 20.7 Å². The van der Waals surface area contributed by atoms with Gasteiger partial charge in [-0.15, -0.1) is 0 Å². The monoisotopic (exact) mass is 306 g/mol. The van der Waals surface area contributed by atoms with Crippen LogP contribution in [0.25, 0.3) is 0 Å². The molecular formula is C12H19ClN2O3S. The maximum Gasteiger partial charge on any atom is 0.153 e. The van der Waals surface area contributed by atoms with Crippen molar-refractivity contribution >= 4 is 21.4 Å². The lowest BCUT2D eigenvalue weighted by Gasteiger charge is -2.30. The SMILES string of the molecule is CCCn1ncc(Cl)c1C1(O)CCCC1S(C)(=O)=O. The Labute approximate surface area is 118 Å². The highest BCUT2D eigenvalue weighted by Gasteiger charge is 2.50. The first-order chi connectivity index (χ1) is 8.80. The number of aryl methyl sites for hydroxylation is 1. The van der Waals surface area contributed by atoms with Gasteiger partial charge in [0, 0.05) is 12.8 Å². The molecule has 7 heteroatoms. The molecule has 0 aromatic carbocycles. The van der Waals surface area contributed by atoms with Gasteiger partial charge in [-0.25, -0.2) is 8.42 Å². The van der Waals surface area contributed by atoms with E-state index in [2.05, 4.69) is 5.10 Å². The first-order valence-electron chi connectivity index (χ1n) is 6.43. The Bertz CT molecular complexity index is 570. The molecule has 5 nitrogen and oxygen atoms in total. The molecule has 0 radical (unpaired) electrons. The van der Waals surface area contributed by atoms with Crippen molar-refractivity contribution in [3.8, 4) is 0 Å². The topological polar surface area (TPSA) is 72.2 Å². The van der Waals surface area contributed by atoms with E-state index in [1.807, 2.05) is 6.92 Å². The third-order valence-electron chi connectivity index (χ3n) is 3.71. The second kappa shape index (κ2) is 5.07. The smallest absolute Gasteiger partial charge is 0.153 e. The average Bonchev–Trinajstić information content (AvgIpc) is 2.83. The number of nitrogens with zero attached hydrogens (tertiary/aromatic N) is 2. The average molecular weight is 307 g/mol. The summed E-state index contributed by atoms with van der Waals surface area (Å²) in [6.07, 6.45) is 5.01. The number of halogens is 1. The Balaban J connectivity index is 2.52. The van der Waals surface area contributed by atoms with Crippen molar-refractivity contribution in [1.82, 2.24) is 9.78 Å². The molecule has 1 aliphatic rings. The molecule has 0 aliphatic heterocycles. The van der Waals surface area contributed by atoms with E-state index in [0.717, 1.165) is 6.42 Å². The lowest BCUT2D eigenvalue weighted by atomic mass is 9.97. The zero-order valence-corrected chi connectivity index (χ0v) is 12.7. The number of rotatable bonds is 4. The quantitative estimate of drug-likeness (QED) is 0.919. The number of sulfone groups is 1. The zero-order chi connectivity index (χ0) is 14.3. The Morgan fingerprint density at radius 3 is 2.89 bits per heavy atom. The second-order valence-electron chi connectivity index (χ2n) is 5.20. The first-order valence-corrected chi connectivity index (χ1v) is 8.77. The minimum atomic E-state index is -3.33. The Hall–Kier alpha value is -0.590. The van der Waals surface area contributed by atoms with Crippen LogP contribution >= 0.6 is 11.6 Å². The molecule has 108 valence electrons. The zero-order valence-electron chi connectivity index (χ0n) is 11.1. The summed E-state index contributed by atoms with van der Waals surface area (Å²) in [6, 6.07) is 0. The normalized spacial score (nSPS) is 27.9. The minimum Gasteiger partial charge on any atom is -0.382 e. The van der Waals surface area contributed by atoms with E-state index in [9.17, 15) is 13.5 Å². The van der Waals surface area contributed by atoms with Crippen LogP contribution in [0.2, 0.25) is 5.02 Å². The number of aromatic nitrogens is 2. The largest absolute Gasteiger partial charge is 0.382 e. The molecule has 1 fully saturated rings. The molecule has 1 aromatic heterocycles. The molecule has 2 unspecified atom stereocenters. The van der Waals surface area contributed by atoms with Gasteiger partial charge in [-0.1, -0.05) is 18.5 Å². The molecule has 19 heavy (non-hydrogen) atoms. The maximum absolute atomic E-state index is 11.9. The standard InChI is InChI=1S/C12H19ClN2O3S/c1-3-7-15-11(9(13)8-14-15)12(16)6-4-5-10(12)19(2,17)18/h8,10,16H,3-7H2,1-2H3. The van der Waals surface area contributed by atoms with Gasteiger partial charge in [0.05, 0.1) is 22.2 Å². The van der Waals surface area contributed by atoms with E-state index in [0.29, 0.717) is 36.5 Å². The summed E-state index contributed by atoms with van der Waals surface area (Å²) in [5.74, 6) is 0. The van der Waals surface area contributed by atoms with E-state index in [-0.39, 0.29) is 0 Å². The number of hydrogen-bond donors (Lipinski definition) is 1. The van der Waals surface area contributed by atoms with Crippen LogP contribution in [-0.4, -0.2) is 34.8 Å². The van der Waals surface area contributed by atoms with E-state index in [1.165, 1.54) is 12.5 Å². The third-order valence-corrected chi connectivity index (χ3v) is 5.65. The summed E-state index contributed by atoms with van der Waals surface area (Å²) in [5, 5.41) is 14.6. The molecular weight excluding hydrogens is 288 g/mol. The Kier molecular flexibility index (Phi) is 3.95. The molecule has 2 rings (SSSR count). The van der Waals surface area contributed by atoms with Crippen molar-refractivity contribution < 1.29 is 13.5 Å². The van der Waals surface area contributed by atoms with E-state index >= 15 is 0 Å². The van der Waals surface area contributed by atoms with Gasteiger partial charge in [0.25, 0.3) is 0 Å². The summed E-state index contributed by atoms with van der Waals surface area (Å²) < 4.78 is 25.4. The van der Waals surface area contributed by atoms with Crippen molar-refractivity contribution in [1.29, 1.82) is 0 Å². The van der Waals surface area contributed by atoms with Gasteiger partial charge in [0.1, 0.15) is 5.60 Å². The minimum absolute atomic E-state index is 0.339. The molecule has 1 aromatic rings. The van der Waals surface area contributed by atoms with Gasteiger partial charge < -0.3 is 5.11 Å². The van der Waals surface area contributed by atoms with Gasteiger partial charge in [-0.2, -0.15) is 5.10 Å². The van der Waals surface area contributed by atoms with E-state index in [1.54, 1.807) is 4.68 Å². The maximum atomic E-state index is 11.9. The van der Waals surface area contributed by atoms with E-state index in [4.69, 9.17) is 11.6 Å². The first kappa shape index (κ1) is 14.8. The fraction of sp³-hybridized carbons (Fsp3) is 0.750. The lowest BCUT2D eigenvalue weighted by molar-refractivity contribution is 0.0382. The number of hydrogen-bond acceptors (Lipinski definition) is 4. The fourth-order valence-corrected chi connectivity index (χ4v) is 4.81. The fourth-order valence-electron chi connectivity index (χ4n) is 2.97. The third kappa shape index (κ3) is 2.53. The molecule has 1 heterocycles. The van der Waals surface area contributed by atoms with Crippen molar-refractivity contribution in [2.75, 3.05) is 6.26 Å². The summed E-state index contributed by atoms with van der Waals surface area (Å²) in [5.41, 5.74) is -0.972. The van der Waals surface area contributed by atoms with Gasteiger partial charge in [0.2, 0.25) is 0 Å². The molecule has 0 saturated heterocycles. The predicted molar refractivity (Wildman–Crippen MR) is 73.9 cm³/mol. The van der Waals surface area contributed by atoms with Crippen LogP contribution in [0.5, 0.6) is 0 Å². The van der Waals surface area contributed by atoms with Crippen LogP contribution in [0.15, 0.2) is 6.20 Å². The van der Waals surface area contributed by atoms with Crippen molar-refractivity contribution in [2.45, 2.75) is 50.0 Å². The van der Waals surface area contributed by atoms with Gasteiger partial charge in [-0.05, 0) is 25.7 Å². The summed E-state index contributed by atoms with van der Waals surface area (Å²) in [7, 11) is -3.33. The second-order valence-corrected chi connectivity index (χ2v) is 7.83. The highest BCUT2D eigenvalue weighted by molar-refractivity contribution is 7.91. The van der Waals surface area contributed by atoms with Crippen LogP contribution in [0.4, 0.5) is 0 Å². The van der Waals surface area contributed by atoms with Gasteiger partial charge in [-0.3, -0.25) is 4.68 Å². The van der Waals surface area contributed by atoms with Crippen LogP contribution < -0.4 is 0 Å². The number of aliphatic hydroxyl groups is 1. The van der Waals surface area contributed by atoms with Crippen LogP contribution in [0.3, 0.4) is 0 Å². The highest BCUT2D eigenvalue weighted by atomic mass is 35.5. The van der Waals surface area contributed by atoms with Crippen molar-refractivity contribution in [3.63, 3.8) is 0 Å². The van der Waals surface area contributed by atoms with Gasteiger partial charge >= 0.3 is 0 Å². The molecule has 1 N–H and O–H groups in total. The molecule has 1 saturated carbocycles. The highest BCUT2D eigenvalue weighted by Crippen LogP contribution is 2.44. The molecule has 0 bridgehead atoms. The van der Waals surface area contributed by atoms with Crippen LogP contribution in [-0.2, 0) is 22.0 Å². The Morgan fingerprint density at radius 1 is 1.63 bits per heavy atom. The van der Waals surface area contributed by atoms with Gasteiger partial charge in [0.15, 0.2) is 9.84 Å². The molecule has 2 atom stereocenters. The summed E-state index contributed by atoms with van der Waals surface area (Å²) in [6.45, 7) is 2.60.